The van der Waals surface area contributed by atoms with Gasteiger partial charge in [0.25, 0.3) is 0 Å². The number of hydrogen-bond acceptors (Lipinski definition) is 2. The van der Waals surface area contributed by atoms with Crippen LogP contribution in [0.1, 0.15) is 11.3 Å². The topological polar surface area (TPSA) is 25.8 Å². The van der Waals surface area contributed by atoms with E-state index < -0.39 is 0 Å². The van der Waals surface area contributed by atoms with Gasteiger partial charge in [0, 0.05) is 17.8 Å². The Balaban J connectivity index is 1.93. The first-order chi connectivity index (χ1) is 8.92. The molecule has 3 aromatic rings. The van der Waals surface area contributed by atoms with E-state index in [1.807, 2.05) is 54.7 Å². The standard InChI is InChI=1S/C16H12N2/c1-2-7-16-14(5-1)11-13(12-18-16)8-9-15-6-3-4-10-17-15/h1-12H. The molecule has 0 aliphatic heterocycles. The smallest absolute Gasteiger partial charge is 0.0702 e. The maximum Gasteiger partial charge on any atom is 0.0702 e. The van der Waals surface area contributed by atoms with Crippen molar-refractivity contribution in [2.45, 2.75) is 0 Å². The average molecular weight is 232 g/mol. The lowest BCUT2D eigenvalue weighted by atomic mass is 10.1. The number of fused-ring (bicyclic) bond motifs is 1. The van der Waals surface area contributed by atoms with Crippen LogP contribution in [0.15, 0.2) is 60.9 Å². The van der Waals surface area contributed by atoms with E-state index in [1.165, 1.54) is 0 Å². The SMILES string of the molecule is C(=Cc1ccccn1)c1cnc2ccccc2c1. The van der Waals surface area contributed by atoms with Gasteiger partial charge in [0.2, 0.25) is 0 Å². The Morgan fingerprint density at radius 2 is 1.72 bits per heavy atom. The molecular formula is C16H12N2. The molecule has 2 heterocycles. The molecule has 1 aromatic carbocycles. The van der Waals surface area contributed by atoms with E-state index in [1.54, 1.807) is 6.20 Å². The van der Waals surface area contributed by atoms with Crippen LogP contribution in [0.25, 0.3) is 23.1 Å². The first-order valence-electron chi connectivity index (χ1n) is 5.86. The zero-order chi connectivity index (χ0) is 12.2. The van der Waals surface area contributed by atoms with Crippen molar-refractivity contribution in [2.24, 2.45) is 0 Å². The molecule has 0 amide bonds. The van der Waals surface area contributed by atoms with Gasteiger partial charge in [0.15, 0.2) is 0 Å². The van der Waals surface area contributed by atoms with Gasteiger partial charge in [-0.25, -0.2) is 0 Å². The molecular weight excluding hydrogens is 220 g/mol. The van der Waals surface area contributed by atoms with Crippen molar-refractivity contribution in [1.82, 2.24) is 9.97 Å². The summed E-state index contributed by atoms with van der Waals surface area (Å²) in [7, 11) is 0. The summed E-state index contributed by atoms with van der Waals surface area (Å²) in [4.78, 5) is 8.67. The largest absolute Gasteiger partial charge is 0.257 e. The predicted octanol–water partition coefficient (Wildman–Crippen LogP) is 3.80. The van der Waals surface area contributed by atoms with Gasteiger partial charge < -0.3 is 0 Å². The van der Waals surface area contributed by atoms with E-state index >= 15 is 0 Å². The second kappa shape index (κ2) is 4.80. The molecule has 0 fully saturated rings. The molecule has 0 bridgehead atoms. The molecule has 0 aliphatic carbocycles. The minimum absolute atomic E-state index is 0.950. The van der Waals surface area contributed by atoms with E-state index in [-0.39, 0.29) is 0 Å². The zero-order valence-corrected chi connectivity index (χ0v) is 9.82. The Bertz CT molecular complexity index is 688. The fourth-order valence-corrected chi connectivity index (χ4v) is 1.84. The molecule has 0 radical (unpaired) electrons. The summed E-state index contributed by atoms with van der Waals surface area (Å²) in [6, 6.07) is 16.1. The van der Waals surface area contributed by atoms with Gasteiger partial charge in [0.1, 0.15) is 0 Å². The van der Waals surface area contributed by atoms with E-state index in [0.717, 1.165) is 22.2 Å². The van der Waals surface area contributed by atoms with Crippen LogP contribution in [-0.2, 0) is 0 Å². The molecule has 0 spiro atoms. The summed E-state index contributed by atoms with van der Waals surface area (Å²) in [5.41, 5.74) is 3.05. The highest BCUT2D eigenvalue weighted by Gasteiger charge is 1.94. The van der Waals surface area contributed by atoms with Crippen LogP contribution in [0.5, 0.6) is 0 Å². The quantitative estimate of drug-likeness (QED) is 0.671. The second-order valence-corrected chi connectivity index (χ2v) is 4.05. The Morgan fingerprint density at radius 3 is 2.61 bits per heavy atom. The van der Waals surface area contributed by atoms with Crippen molar-refractivity contribution in [3.63, 3.8) is 0 Å². The summed E-state index contributed by atoms with van der Waals surface area (Å²) in [5.74, 6) is 0. The van der Waals surface area contributed by atoms with Crippen molar-refractivity contribution in [2.75, 3.05) is 0 Å². The second-order valence-electron chi connectivity index (χ2n) is 4.05. The van der Waals surface area contributed by atoms with Gasteiger partial charge in [-0.2, -0.15) is 0 Å². The number of para-hydroxylation sites is 1. The molecule has 2 aromatic heterocycles. The fourth-order valence-electron chi connectivity index (χ4n) is 1.84. The van der Waals surface area contributed by atoms with Crippen molar-refractivity contribution in [3.8, 4) is 0 Å². The summed E-state index contributed by atoms with van der Waals surface area (Å²) < 4.78 is 0. The molecule has 0 aliphatic rings. The number of aromatic nitrogens is 2. The first kappa shape index (κ1) is 10.7. The summed E-state index contributed by atoms with van der Waals surface area (Å²) >= 11 is 0. The van der Waals surface area contributed by atoms with Gasteiger partial charge in [0.05, 0.1) is 11.2 Å². The van der Waals surface area contributed by atoms with Gasteiger partial charge in [-0.15, -0.1) is 0 Å². The predicted molar refractivity (Wildman–Crippen MR) is 74.9 cm³/mol. The molecule has 18 heavy (non-hydrogen) atoms. The Labute approximate surface area is 106 Å². The number of hydrogen-bond donors (Lipinski definition) is 0. The number of benzene rings is 1. The highest BCUT2D eigenvalue weighted by Crippen LogP contribution is 2.14. The van der Waals surface area contributed by atoms with Crippen LogP contribution in [0.2, 0.25) is 0 Å². The summed E-state index contributed by atoms with van der Waals surface area (Å²) in [6.45, 7) is 0. The highest BCUT2D eigenvalue weighted by molar-refractivity contribution is 5.82. The van der Waals surface area contributed by atoms with Gasteiger partial charge >= 0.3 is 0 Å². The first-order valence-corrected chi connectivity index (χ1v) is 5.86. The maximum absolute atomic E-state index is 4.42. The summed E-state index contributed by atoms with van der Waals surface area (Å²) in [5, 5.41) is 1.15. The zero-order valence-electron chi connectivity index (χ0n) is 9.82. The van der Waals surface area contributed by atoms with Crippen molar-refractivity contribution in [3.05, 3.63) is 72.2 Å². The summed E-state index contributed by atoms with van der Waals surface area (Å²) in [6.07, 6.45) is 7.69. The molecule has 2 nitrogen and oxygen atoms in total. The molecule has 2 heteroatoms. The number of nitrogens with zero attached hydrogens (tertiary/aromatic N) is 2. The highest BCUT2D eigenvalue weighted by atomic mass is 14.7. The molecule has 0 unspecified atom stereocenters. The maximum atomic E-state index is 4.42. The molecule has 0 N–H and O–H groups in total. The lowest BCUT2D eigenvalue weighted by Gasteiger charge is -1.98. The van der Waals surface area contributed by atoms with Crippen molar-refractivity contribution < 1.29 is 0 Å². The third kappa shape index (κ3) is 2.28. The minimum Gasteiger partial charge on any atom is -0.257 e. The third-order valence-corrected chi connectivity index (χ3v) is 2.75. The Morgan fingerprint density at radius 1 is 0.833 bits per heavy atom. The molecule has 0 atom stereocenters. The van der Waals surface area contributed by atoms with Crippen LogP contribution in [0.4, 0.5) is 0 Å². The molecule has 86 valence electrons. The Kier molecular flexibility index (Phi) is 2.84. The number of rotatable bonds is 2. The molecule has 0 saturated carbocycles. The van der Waals surface area contributed by atoms with Gasteiger partial charge in [-0.05, 0) is 35.9 Å². The van der Waals surface area contributed by atoms with Gasteiger partial charge in [-0.1, -0.05) is 30.3 Å². The monoisotopic (exact) mass is 232 g/mol. The van der Waals surface area contributed by atoms with Crippen LogP contribution in [-0.4, -0.2) is 9.97 Å². The van der Waals surface area contributed by atoms with Crippen LogP contribution < -0.4 is 0 Å². The third-order valence-electron chi connectivity index (χ3n) is 2.75. The van der Waals surface area contributed by atoms with Crippen molar-refractivity contribution in [1.29, 1.82) is 0 Å². The van der Waals surface area contributed by atoms with Crippen LogP contribution in [0.3, 0.4) is 0 Å². The lowest BCUT2D eigenvalue weighted by Crippen LogP contribution is -1.81. The lowest BCUT2D eigenvalue weighted by molar-refractivity contribution is 1.30. The minimum atomic E-state index is 0.950. The number of pyridine rings is 2. The van der Waals surface area contributed by atoms with Crippen LogP contribution >= 0.6 is 0 Å². The molecule has 3 rings (SSSR count). The molecule has 0 saturated heterocycles. The average Bonchev–Trinajstić information content (AvgIpc) is 2.46. The van der Waals surface area contributed by atoms with Crippen LogP contribution in [0, 0.1) is 0 Å². The normalized spacial score (nSPS) is 11.1. The van der Waals surface area contributed by atoms with E-state index in [0.29, 0.717) is 0 Å². The van der Waals surface area contributed by atoms with E-state index in [9.17, 15) is 0 Å². The van der Waals surface area contributed by atoms with E-state index in [4.69, 9.17) is 0 Å². The van der Waals surface area contributed by atoms with E-state index in [2.05, 4.69) is 22.1 Å². The Hall–Kier alpha value is -2.48. The van der Waals surface area contributed by atoms with Gasteiger partial charge in [-0.3, -0.25) is 9.97 Å². The fraction of sp³-hybridized carbons (Fsp3) is 0. The van der Waals surface area contributed by atoms with Crippen molar-refractivity contribution >= 4 is 23.1 Å².